The maximum Gasteiger partial charge on any atom is 0.416 e. The van der Waals surface area contributed by atoms with Gasteiger partial charge in [0.15, 0.2) is 0 Å². The van der Waals surface area contributed by atoms with Crippen molar-refractivity contribution in [3.05, 3.63) is 88.7 Å². The van der Waals surface area contributed by atoms with Gasteiger partial charge in [0.2, 0.25) is 0 Å². The average Bonchev–Trinajstić information content (AvgIpc) is 2.91. The predicted molar refractivity (Wildman–Crippen MR) is 136 cm³/mol. The zero-order chi connectivity index (χ0) is 28.6. The summed E-state index contributed by atoms with van der Waals surface area (Å²) in [6, 6.07) is 13.9. The van der Waals surface area contributed by atoms with Crippen LogP contribution in [0.4, 0.5) is 17.6 Å². The van der Waals surface area contributed by atoms with Gasteiger partial charge in [0.05, 0.1) is 32.7 Å². The maximum atomic E-state index is 13.6. The molecule has 0 unspecified atom stereocenters. The standard InChI is InChI=1S/C29H29F4NO5/c1-4-34(17-28(36)39-18-19-5-9-23(30)10-6-19)16-21-15-22(29(31,32)33)8-11-24(21)25-13-20(14-27(35)38-3)7-12-26(25)37-2/h5-13,15H,4,14,16-18H2,1-3H3. The molecule has 0 saturated carbocycles. The van der Waals surface area contributed by atoms with Crippen LogP contribution < -0.4 is 4.74 Å². The first-order valence-electron chi connectivity index (χ1n) is 12.1. The Labute approximate surface area is 224 Å². The van der Waals surface area contributed by atoms with Crippen molar-refractivity contribution in [1.82, 2.24) is 4.90 Å². The molecule has 0 bridgehead atoms. The number of rotatable bonds is 11. The van der Waals surface area contributed by atoms with Crippen LogP contribution in [0.1, 0.15) is 29.2 Å². The molecule has 0 fully saturated rings. The van der Waals surface area contributed by atoms with E-state index in [0.29, 0.717) is 40.1 Å². The van der Waals surface area contributed by atoms with Crippen molar-refractivity contribution in [2.75, 3.05) is 27.3 Å². The van der Waals surface area contributed by atoms with Crippen molar-refractivity contribution < 1.29 is 41.4 Å². The highest BCUT2D eigenvalue weighted by Crippen LogP contribution is 2.38. The summed E-state index contributed by atoms with van der Waals surface area (Å²) < 4.78 is 69.4. The zero-order valence-corrected chi connectivity index (χ0v) is 21.8. The fourth-order valence-corrected chi connectivity index (χ4v) is 3.97. The Morgan fingerprint density at radius 2 is 1.56 bits per heavy atom. The molecule has 0 aromatic heterocycles. The van der Waals surface area contributed by atoms with Crippen LogP contribution in [0.3, 0.4) is 0 Å². The number of hydrogen-bond acceptors (Lipinski definition) is 6. The van der Waals surface area contributed by atoms with Crippen molar-refractivity contribution in [2.24, 2.45) is 0 Å². The third-order valence-corrected chi connectivity index (χ3v) is 6.07. The van der Waals surface area contributed by atoms with Gasteiger partial charge in [0.1, 0.15) is 18.2 Å². The summed E-state index contributed by atoms with van der Waals surface area (Å²) in [7, 11) is 2.71. The molecule has 10 heteroatoms. The molecule has 3 aromatic rings. The van der Waals surface area contributed by atoms with Gasteiger partial charge in [-0.3, -0.25) is 14.5 Å². The lowest BCUT2D eigenvalue weighted by molar-refractivity contribution is -0.146. The van der Waals surface area contributed by atoms with Crippen LogP contribution in [-0.4, -0.2) is 44.1 Å². The first-order chi connectivity index (χ1) is 18.5. The molecule has 0 radical (unpaired) electrons. The second-order valence-electron chi connectivity index (χ2n) is 8.75. The molecule has 0 spiro atoms. The van der Waals surface area contributed by atoms with Crippen molar-refractivity contribution >= 4 is 11.9 Å². The molecule has 3 aromatic carbocycles. The number of methoxy groups -OCH3 is 2. The van der Waals surface area contributed by atoms with Crippen molar-refractivity contribution in [3.63, 3.8) is 0 Å². The smallest absolute Gasteiger partial charge is 0.416 e. The minimum absolute atomic E-state index is 0.00574. The Balaban J connectivity index is 1.90. The molecule has 3 rings (SSSR count). The van der Waals surface area contributed by atoms with Crippen LogP contribution >= 0.6 is 0 Å². The average molecular weight is 548 g/mol. The largest absolute Gasteiger partial charge is 0.496 e. The Kier molecular flexibility index (Phi) is 10.1. The van der Waals surface area contributed by atoms with Gasteiger partial charge in [0.25, 0.3) is 0 Å². The predicted octanol–water partition coefficient (Wildman–Crippen LogP) is 5.80. The molecular weight excluding hydrogens is 518 g/mol. The van der Waals surface area contributed by atoms with Crippen molar-refractivity contribution in [3.8, 4) is 16.9 Å². The highest BCUT2D eigenvalue weighted by molar-refractivity contribution is 5.78. The van der Waals surface area contributed by atoms with E-state index in [9.17, 15) is 27.2 Å². The Bertz CT molecular complexity index is 1290. The molecule has 39 heavy (non-hydrogen) atoms. The van der Waals surface area contributed by atoms with E-state index in [2.05, 4.69) is 0 Å². The van der Waals surface area contributed by atoms with Crippen molar-refractivity contribution in [2.45, 2.75) is 32.7 Å². The molecule has 0 atom stereocenters. The van der Waals surface area contributed by atoms with Crippen LogP contribution in [0.2, 0.25) is 0 Å². The molecule has 208 valence electrons. The zero-order valence-electron chi connectivity index (χ0n) is 21.8. The van der Waals surface area contributed by atoms with Gasteiger partial charge in [-0.2, -0.15) is 13.2 Å². The lowest BCUT2D eigenvalue weighted by Gasteiger charge is -2.23. The Hall–Kier alpha value is -3.92. The summed E-state index contributed by atoms with van der Waals surface area (Å²) >= 11 is 0. The second kappa shape index (κ2) is 13.2. The molecule has 0 aliphatic carbocycles. The Morgan fingerprint density at radius 1 is 0.872 bits per heavy atom. The lowest BCUT2D eigenvalue weighted by atomic mass is 9.94. The van der Waals surface area contributed by atoms with Gasteiger partial charge < -0.3 is 14.2 Å². The van der Waals surface area contributed by atoms with Crippen LogP contribution in [0.15, 0.2) is 60.7 Å². The minimum atomic E-state index is -4.57. The number of halogens is 4. The third-order valence-electron chi connectivity index (χ3n) is 6.07. The summed E-state index contributed by atoms with van der Waals surface area (Å²) in [6.45, 7) is 1.90. The van der Waals surface area contributed by atoms with E-state index in [1.54, 1.807) is 30.0 Å². The van der Waals surface area contributed by atoms with E-state index in [-0.39, 0.29) is 26.1 Å². The topological polar surface area (TPSA) is 65.1 Å². The number of ether oxygens (including phenoxy) is 3. The van der Waals surface area contributed by atoms with E-state index in [1.807, 2.05) is 0 Å². The molecule has 0 amide bonds. The first kappa shape index (κ1) is 29.6. The van der Waals surface area contributed by atoms with E-state index >= 15 is 0 Å². The summed E-state index contributed by atoms with van der Waals surface area (Å²) in [5, 5.41) is 0. The van der Waals surface area contributed by atoms with Gasteiger partial charge in [-0.05, 0) is 65.2 Å². The van der Waals surface area contributed by atoms with Crippen LogP contribution in [0, 0.1) is 5.82 Å². The molecule has 0 N–H and O–H groups in total. The SMILES string of the molecule is CCN(CC(=O)OCc1ccc(F)cc1)Cc1cc(C(F)(F)F)ccc1-c1cc(CC(=O)OC)ccc1OC. The third kappa shape index (κ3) is 8.28. The number of carbonyl (C=O) groups is 2. The van der Waals surface area contributed by atoms with Crippen LogP contribution in [0.5, 0.6) is 5.75 Å². The molecule has 6 nitrogen and oxygen atoms in total. The van der Waals surface area contributed by atoms with E-state index in [4.69, 9.17) is 14.2 Å². The number of likely N-dealkylation sites (N-methyl/N-ethyl adjacent to an activating group) is 1. The van der Waals surface area contributed by atoms with E-state index in [1.165, 1.54) is 44.6 Å². The fourth-order valence-electron chi connectivity index (χ4n) is 3.97. The number of hydrogen-bond donors (Lipinski definition) is 0. The number of carbonyl (C=O) groups excluding carboxylic acids is 2. The summed E-state index contributed by atoms with van der Waals surface area (Å²) in [5.41, 5.74) is 1.64. The first-order valence-corrected chi connectivity index (χ1v) is 12.1. The highest BCUT2D eigenvalue weighted by Gasteiger charge is 2.31. The fraction of sp³-hybridized carbons (Fsp3) is 0.310. The number of nitrogens with zero attached hydrogens (tertiary/aromatic N) is 1. The second-order valence-corrected chi connectivity index (χ2v) is 8.75. The monoisotopic (exact) mass is 547 g/mol. The van der Waals surface area contributed by atoms with Gasteiger partial charge in [-0.15, -0.1) is 0 Å². The van der Waals surface area contributed by atoms with Crippen LogP contribution in [0.25, 0.3) is 11.1 Å². The summed E-state index contributed by atoms with van der Waals surface area (Å²) in [5.74, 6) is -1.04. The van der Waals surface area contributed by atoms with E-state index in [0.717, 1.165) is 12.1 Å². The van der Waals surface area contributed by atoms with Gasteiger partial charge in [-0.1, -0.05) is 31.2 Å². The van der Waals surface area contributed by atoms with Gasteiger partial charge in [0, 0.05) is 12.1 Å². The maximum absolute atomic E-state index is 13.6. The normalized spacial score (nSPS) is 11.4. The summed E-state index contributed by atoms with van der Waals surface area (Å²) in [6.07, 6.45) is -4.60. The van der Waals surface area contributed by atoms with Gasteiger partial charge >= 0.3 is 18.1 Å². The van der Waals surface area contributed by atoms with E-state index < -0.39 is 29.5 Å². The number of alkyl halides is 3. The summed E-state index contributed by atoms with van der Waals surface area (Å²) in [4.78, 5) is 26.0. The number of benzene rings is 3. The van der Waals surface area contributed by atoms with Gasteiger partial charge in [-0.25, -0.2) is 4.39 Å². The highest BCUT2D eigenvalue weighted by atomic mass is 19.4. The molecular formula is C29H29F4NO5. The molecule has 0 saturated heterocycles. The molecule has 0 heterocycles. The lowest BCUT2D eigenvalue weighted by Crippen LogP contribution is -2.30. The molecule has 0 aliphatic rings. The van der Waals surface area contributed by atoms with Crippen LogP contribution in [-0.2, 0) is 44.8 Å². The quantitative estimate of drug-likeness (QED) is 0.223. The number of esters is 2. The Morgan fingerprint density at radius 3 is 2.18 bits per heavy atom. The van der Waals surface area contributed by atoms with Crippen molar-refractivity contribution in [1.29, 1.82) is 0 Å². The minimum Gasteiger partial charge on any atom is -0.496 e. The molecule has 0 aliphatic heterocycles.